The lowest BCUT2D eigenvalue weighted by Crippen LogP contribution is -2.17. The number of methoxy groups -OCH3 is 1. The van der Waals surface area contributed by atoms with Crippen LogP contribution in [0, 0.1) is 0 Å². The zero-order chi connectivity index (χ0) is 18.5. The number of rotatable bonds is 5. The lowest BCUT2D eigenvalue weighted by Gasteiger charge is -2.11. The van der Waals surface area contributed by atoms with E-state index in [1.165, 1.54) is 7.11 Å². The fraction of sp³-hybridized carbons (Fsp3) is 0.105. The largest absolute Gasteiger partial charge is 0.495 e. The van der Waals surface area contributed by atoms with Crippen molar-refractivity contribution in [2.75, 3.05) is 12.4 Å². The second-order valence-electron chi connectivity index (χ2n) is 5.52. The molecule has 0 aliphatic carbocycles. The van der Waals surface area contributed by atoms with Crippen molar-refractivity contribution >= 4 is 40.6 Å². The van der Waals surface area contributed by atoms with Crippen LogP contribution < -0.4 is 15.4 Å². The van der Waals surface area contributed by atoms with Gasteiger partial charge in [0.05, 0.1) is 24.1 Å². The Labute approximate surface area is 154 Å². The van der Waals surface area contributed by atoms with Gasteiger partial charge in [-0.15, -0.1) is 0 Å². The summed E-state index contributed by atoms with van der Waals surface area (Å²) in [6.45, 7) is 0. The molecule has 0 bridgehead atoms. The summed E-state index contributed by atoms with van der Waals surface area (Å²) >= 11 is 0.843. The van der Waals surface area contributed by atoms with Gasteiger partial charge in [0.25, 0.3) is 11.1 Å². The van der Waals surface area contributed by atoms with Crippen molar-refractivity contribution in [1.82, 2.24) is 5.32 Å². The highest BCUT2D eigenvalue weighted by atomic mass is 32.2. The molecule has 2 N–H and O–H groups in total. The molecule has 0 aromatic heterocycles. The van der Waals surface area contributed by atoms with E-state index >= 15 is 0 Å². The van der Waals surface area contributed by atoms with Crippen LogP contribution in [0.5, 0.6) is 5.75 Å². The van der Waals surface area contributed by atoms with E-state index in [4.69, 9.17) is 4.74 Å². The van der Waals surface area contributed by atoms with Crippen LogP contribution >= 0.6 is 11.8 Å². The molecule has 7 heteroatoms. The van der Waals surface area contributed by atoms with Gasteiger partial charge >= 0.3 is 0 Å². The smallest absolute Gasteiger partial charge is 0.290 e. The maximum Gasteiger partial charge on any atom is 0.290 e. The molecule has 0 atom stereocenters. The Kier molecular flexibility index (Phi) is 5.38. The molecule has 1 aliphatic heterocycles. The van der Waals surface area contributed by atoms with Crippen LogP contribution in [0.3, 0.4) is 0 Å². The maximum atomic E-state index is 12.3. The number of thioether (sulfide) groups is 1. The molecule has 1 aliphatic rings. The zero-order valence-electron chi connectivity index (χ0n) is 13.9. The molecular weight excluding hydrogens is 352 g/mol. The number of hydrogen-bond donors (Lipinski definition) is 2. The summed E-state index contributed by atoms with van der Waals surface area (Å²) in [6.07, 6.45) is 1.83. The highest BCUT2D eigenvalue weighted by Gasteiger charge is 2.25. The molecule has 2 aromatic rings. The summed E-state index contributed by atoms with van der Waals surface area (Å²) in [6, 6.07) is 14.5. The minimum Gasteiger partial charge on any atom is -0.495 e. The quantitative estimate of drug-likeness (QED) is 0.792. The average molecular weight is 368 g/mol. The van der Waals surface area contributed by atoms with Crippen LogP contribution in [-0.4, -0.2) is 24.2 Å². The first-order chi connectivity index (χ1) is 12.5. The molecule has 132 valence electrons. The summed E-state index contributed by atoms with van der Waals surface area (Å²) < 4.78 is 5.29. The van der Waals surface area contributed by atoms with E-state index in [-0.39, 0.29) is 12.3 Å². The highest BCUT2D eigenvalue weighted by Crippen LogP contribution is 2.30. The predicted molar refractivity (Wildman–Crippen MR) is 101 cm³/mol. The van der Waals surface area contributed by atoms with Crippen molar-refractivity contribution in [1.29, 1.82) is 0 Å². The molecule has 0 spiro atoms. The number of benzene rings is 2. The number of amides is 3. The average Bonchev–Trinajstić information content (AvgIpc) is 2.93. The molecule has 2 aromatic carbocycles. The van der Waals surface area contributed by atoms with Gasteiger partial charge in [0.1, 0.15) is 5.75 Å². The molecule has 0 radical (unpaired) electrons. The van der Waals surface area contributed by atoms with Gasteiger partial charge in [0, 0.05) is 0 Å². The Balaban J connectivity index is 1.79. The fourth-order valence-electron chi connectivity index (χ4n) is 2.46. The predicted octanol–water partition coefficient (Wildman–Crippen LogP) is 3.20. The zero-order valence-corrected chi connectivity index (χ0v) is 14.8. The van der Waals surface area contributed by atoms with Crippen LogP contribution in [0.4, 0.5) is 10.5 Å². The fourth-order valence-corrected chi connectivity index (χ4v) is 3.14. The number of ether oxygens (including phenoxy) is 1. The standard InChI is InChI=1S/C19H16N2O4S/c1-25-15-8-7-13(10-16-18(23)21-19(24)26-16)9-14(15)20-17(22)11-12-5-3-2-4-6-12/h2-10H,11H2,1H3,(H,20,22)(H,21,23,24). The first kappa shape index (κ1) is 17.8. The Hall–Kier alpha value is -3.06. The molecule has 1 fully saturated rings. The van der Waals surface area contributed by atoms with Gasteiger partial charge in [0.15, 0.2) is 0 Å². The normalized spacial score (nSPS) is 15.0. The summed E-state index contributed by atoms with van der Waals surface area (Å²) in [5.41, 5.74) is 2.07. The molecule has 3 rings (SSSR count). The third-order valence-electron chi connectivity index (χ3n) is 3.64. The van der Waals surface area contributed by atoms with Gasteiger partial charge < -0.3 is 10.1 Å². The Morgan fingerprint density at radius 1 is 1.19 bits per heavy atom. The van der Waals surface area contributed by atoms with E-state index in [2.05, 4.69) is 10.6 Å². The van der Waals surface area contributed by atoms with Crippen LogP contribution in [0.25, 0.3) is 6.08 Å². The molecule has 0 unspecified atom stereocenters. The van der Waals surface area contributed by atoms with Crippen LogP contribution in [-0.2, 0) is 16.0 Å². The number of carbonyl (C=O) groups excluding carboxylic acids is 3. The lowest BCUT2D eigenvalue weighted by atomic mass is 10.1. The first-order valence-electron chi connectivity index (χ1n) is 7.82. The third-order valence-corrected chi connectivity index (χ3v) is 4.46. The first-order valence-corrected chi connectivity index (χ1v) is 8.63. The van der Waals surface area contributed by atoms with Crippen LogP contribution in [0.2, 0.25) is 0 Å². The summed E-state index contributed by atoms with van der Waals surface area (Å²) in [4.78, 5) is 35.5. The topological polar surface area (TPSA) is 84.5 Å². The Bertz CT molecular complexity index is 894. The van der Waals surface area contributed by atoms with Crippen LogP contribution in [0.15, 0.2) is 53.4 Å². The second-order valence-corrected chi connectivity index (χ2v) is 6.54. The van der Waals surface area contributed by atoms with Gasteiger partial charge in [-0.3, -0.25) is 19.7 Å². The summed E-state index contributed by atoms with van der Waals surface area (Å²) in [5, 5.41) is 4.64. The number of nitrogens with one attached hydrogen (secondary N) is 2. The lowest BCUT2D eigenvalue weighted by molar-refractivity contribution is -0.116. The molecule has 6 nitrogen and oxygen atoms in total. The van der Waals surface area contributed by atoms with E-state index < -0.39 is 11.1 Å². The van der Waals surface area contributed by atoms with Gasteiger partial charge in [-0.25, -0.2) is 0 Å². The highest BCUT2D eigenvalue weighted by molar-refractivity contribution is 8.18. The number of hydrogen-bond acceptors (Lipinski definition) is 5. The molecule has 26 heavy (non-hydrogen) atoms. The van der Waals surface area contributed by atoms with E-state index in [9.17, 15) is 14.4 Å². The van der Waals surface area contributed by atoms with Crippen molar-refractivity contribution in [2.45, 2.75) is 6.42 Å². The second kappa shape index (κ2) is 7.88. The number of anilines is 1. The monoisotopic (exact) mass is 368 g/mol. The van der Waals surface area contributed by atoms with Crippen molar-refractivity contribution in [3.8, 4) is 5.75 Å². The molecule has 3 amide bonds. The van der Waals surface area contributed by atoms with Crippen molar-refractivity contribution in [2.24, 2.45) is 0 Å². The Morgan fingerprint density at radius 2 is 1.96 bits per heavy atom. The number of carbonyl (C=O) groups is 3. The van der Waals surface area contributed by atoms with Gasteiger partial charge in [-0.2, -0.15) is 0 Å². The Morgan fingerprint density at radius 3 is 2.62 bits per heavy atom. The minimum atomic E-state index is -0.425. The summed E-state index contributed by atoms with van der Waals surface area (Å²) in [5.74, 6) is -0.0962. The SMILES string of the molecule is COc1ccc(C=C2SC(=O)NC2=O)cc1NC(=O)Cc1ccccc1. The van der Waals surface area contributed by atoms with Crippen molar-refractivity contribution in [3.05, 3.63) is 64.6 Å². The van der Waals surface area contributed by atoms with Gasteiger partial charge in [0.2, 0.25) is 5.91 Å². The van der Waals surface area contributed by atoms with Crippen molar-refractivity contribution < 1.29 is 19.1 Å². The maximum absolute atomic E-state index is 12.3. The van der Waals surface area contributed by atoms with Gasteiger partial charge in [-0.1, -0.05) is 36.4 Å². The van der Waals surface area contributed by atoms with E-state index in [1.54, 1.807) is 24.3 Å². The van der Waals surface area contributed by atoms with Crippen LogP contribution in [0.1, 0.15) is 11.1 Å². The molecule has 1 saturated heterocycles. The molecule has 1 heterocycles. The van der Waals surface area contributed by atoms with E-state index in [0.717, 1.165) is 17.3 Å². The number of imide groups is 1. The molecule has 0 saturated carbocycles. The minimum absolute atomic E-state index is 0.178. The molecular formula is C19H16N2O4S. The third kappa shape index (κ3) is 4.31. The van der Waals surface area contributed by atoms with Crippen molar-refractivity contribution in [3.63, 3.8) is 0 Å². The van der Waals surface area contributed by atoms with E-state index in [0.29, 0.717) is 21.9 Å². The van der Waals surface area contributed by atoms with E-state index in [1.807, 2.05) is 30.3 Å². The summed E-state index contributed by atoms with van der Waals surface area (Å²) in [7, 11) is 1.51. The van der Waals surface area contributed by atoms with Gasteiger partial charge in [-0.05, 0) is 41.1 Å².